The first-order chi connectivity index (χ1) is 8.24. The number of rotatable bonds is 5. The monoisotopic (exact) mass is 339 g/mol. The maximum absolute atomic E-state index is 13.2. The number of aliphatic hydroxyl groups excluding tert-OH is 1. The lowest BCUT2D eigenvalue weighted by atomic mass is 10.1. The Morgan fingerprint density at radius 1 is 1.44 bits per heavy atom. The third-order valence-corrected chi connectivity index (χ3v) is 4.52. The van der Waals surface area contributed by atoms with Crippen molar-refractivity contribution >= 4 is 26.0 Å². The average Bonchev–Trinajstić information content (AvgIpc) is 2.29. The van der Waals surface area contributed by atoms with Crippen LogP contribution in [0.2, 0.25) is 0 Å². The van der Waals surface area contributed by atoms with Crippen LogP contribution in [0.5, 0.6) is 0 Å². The molecule has 7 heteroatoms. The van der Waals surface area contributed by atoms with Crippen LogP contribution in [0, 0.1) is 11.7 Å². The molecule has 1 rings (SSSR count). The van der Waals surface area contributed by atoms with Crippen molar-refractivity contribution in [2.45, 2.75) is 24.8 Å². The molecule has 0 aliphatic heterocycles. The normalized spacial score (nSPS) is 13.9. The smallest absolute Gasteiger partial charge is 0.240 e. The van der Waals surface area contributed by atoms with E-state index in [1.807, 2.05) is 0 Å². The lowest BCUT2D eigenvalue weighted by Crippen LogP contribution is -2.34. The summed E-state index contributed by atoms with van der Waals surface area (Å²) in [6, 6.07) is 3.54. The first-order valence-electron chi connectivity index (χ1n) is 5.37. The molecule has 18 heavy (non-hydrogen) atoms. The third-order valence-electron chi connectivity index (χ3n) is 2.45. The predicted octanol–water partition coefficient (Wildman–Crippen LogP) is 1.88. The van der Waals surface area contributed by atoms with E-state index >= 15 is 0 Å². The molecule has 0 fully saturated rings. The highest BCUT2D eigenvalue weighted by Gasteiger charge is 2.18. The molecule has 0 saturated heterocycles. The van der Waals surface area contributed by atoms with Crippen LogP contribution in [0.1, 0.15) is 13.8 Å². The summed E-state index contributed by atoms with van der Waals surface area (Å²) in [4.78, 5) is -0.167. The maximum Gasteiger partial charge on any atom is 0.240 e. The molecule has 0 bridgehead atoms. The summed E-state index contributed by atoms with van der Waals surface area (Å²) in [6.45, 7) is 3.45. The molecule has 1 atom stereocenters. The minimum absolute atomic E-state index is 0.0608. The van der Waals surface area contributed by atoms with E-state index in [2.05, 4.69) is 20.7 Å². The van der Waals surface area contributed by atoms with Crippen LogP contribution >= 0.6 is 15.9 Å². The Hall–Kier alpha value is -0.500. The van der Waals surface area contributed by atoms with Crippen LogP contribution in [0.3, 0.4) is 0 Å². The second-order valence-electron chi connectivity index (χ2n) is 4.24. The molecule has 0 spiro atoms. The van der Waals surface area contributed by atoms with Gasteiger partial charge in [0, 0.05) is 6.54 Å². The van der Waals surface area contributed by atoms with Crippen molar-refractivity contribution < 1.29 is 17.9 Å². The fraction of sp³-hybridized carbons (Fsp3) is 0.455. The average molecular weight is 340 g/mol. The SMILES string of the molecule is CC(C)C(O)CNS(=O)(=O)c1ccc(Br)c(F)c1. The fourth-order valence-corrected chi connectivity index (χ4v) is 2.47. The van der Waals surface area contributed by atoms with Crippen molar-refractivity contribution in [2.75, 3.05) is 6.54 Å². The van der Waals surface area contributed by atoms with Crippen molar-refractivity contribution in [2.24, 2.45) is 5.92 Å². The fourth-order valence-electron chi connectivity index (χ4n) is 1.16. The van der Waals surface area contributed by atoms with Crippen LogP contribution < -0.4 is 4.72 Å². The van der Waals surface area contributed by atoms with Gasteiger partial charge in [0.2, 0.25) is 10.0 Å². The van der Waals surface area contributed by atoms with E-state index in [9.17, 15) is 17.9 Å². The van der Waals surface area contributed by atoms with Crippen molar-refractivity contribution in [1.29, 1.82) is 0 Å². The Labute approximate surface area is 114 Å². The Kier molecular flexibility index (Phi) is 5.27. The minimum Gasteiger partial charge on any atom is -0.391 e. The van der Waals surface area contributed by atoms with E-state index in [4.69, 9.17) is 0 Å². The number of hydrogen-bond donors (Lipinski definition) is 2. The molecule has 0 radical (unpaired) electrons. The standard InChI is InChI=1S/C11H15BrFNO3S/c1-7(2)11(15)6-14-18(16,17)8-3-4-9(12)10(13)5-8/h3-5,7,11,14-15H,6H2,1-2H3. The number of nitrogens with one attached hydrogen (secondary N) is 1. The van der Waals surface area contributed by atoms with Gasteiger partial charge in [0.25, 0.3) is 0 Å². The molecule has 0 saturated carbocycles. The molecule has 102 valence electrons. The van der Waals surface area contributed by atoms with E-state index in [0.717, 1.165) is 6.07 Å². The van der Waals surface area contributed by atoms with Gasteiger partial charge in [-0.15, -0.1) is 0 Å². The van der Waals surface area contributed by atoms with Crippen molar-refractivity contribution in [3.63, 3.8) is 0 Å². The summed E-state index contributed by atoms with van der Waals surface area (Å²) < 4.78 is 39.3. The topological polar surface area (TPSA) is 66.4 Å². The molecule has 0 heterocycles. The predicted molar refractivity (Wildman–Crippen MR) is 70.1 cm³/mol. The molecular formula is C11H15BrFNO3S. The summed E-state index contributed by atoms with van der Waals surface area (Å²) in [6.07, 6.45) is -0.778. The Morgan fingerprint density at radius 3 is 2.56 bits per heavy atom. The first kappa shape index (κ1) is 15.6. The Balaban J connectivity index is 2.83. The summed E-state index contributed by atoms with van der Waals surface area (Å²) >= 11 is 2.95. The Bertz CT molecular complexity index is 519. The van der Waals surface area contributed by atoms with Gasteiger partial charge in [-0.3, -0.25) is 0 Å². The highest BCUT2D eigenvalue weighted by Crippen LogP contribution is 2.19. The van der Waals surface area contributed by atoms with Gasteiger partial charge in [-0.2, -0.15) is 0 Å². The molecule has 0 aliphatic rings. The van der Waals surface area contributed by atoms with Crippen LogP contribution in [-0.4, -0.2) is 26.2 Å². The zero-order valence-electron chi connectivity index (χ0n) is 10.0. The molecular weight excluding hydrogens is 325 g/mol. The molecule has 1 aromatic carbocycles. The Morgan fingerprint density at radius 2 is 2.06 bits per heavy atom. The van der Waals surface area contributed by atoms with Gasteiger partial charge in [-0.05, 0) is 40.0 Å². The quantitative estimate of drug-likeness (QED) is 0.860. The highest BCUT2D eigenvalue weighted by molar-refractivity contribution is 9.10. The number of benzene rings is 1. The van der Waals surface area contributed by atoms with Gasteiger partial charge in [0.05, 0.1) is 15.5 Å². The summed E-state index contributed by atoms with van der Waals surface area (Å²) in [5, 5.41) is 9.53. The summed E-state index contributed by atoms with van der Waals surface area (Å²) in [5.41, 5.74) is 0. The van der Waals surface area contributed by atoms with Crippen LogP contribution in [-0.2, 0) is 10.0 Å². The largest absolute Gasteiger partial charge is 0.391 e. The van der Waals surface area contributed by atoms with Gasteiger partial charge in [0.15, 0.2) is 0 Å². The molecule has 1 unspecified atom stereocenters. The zero-order valence-corrected chi connectivity index (χ0v) is 12.4. The second kappa shape index (κ2) is 6.10. The van der Waals surface area contributed by atoms with Gasteiger partial charge in [-0.1, -0.05) is 13.8 Å². The third kappa shape index (κ3) is 4.01. The van der Waals surface area contributed by atoms with Gasteiger partial charge < -0.3 is 5.11 Å². The van der Waals surface area contributed by atoms with Gasteiger partial charge in [0.1, 0.15) is 5.82 Å². The van der Waals surface area contributed by atoms with Gasteiger partial charge in [-0.25, -0.2) is 17.5 Å². The highest BCUT2D eigenvalue weighted by atomic mass is 79.9. The van der Waals surface area contributed by atoms with Crippen molar-refractivity contribution in [1.82, 2.24) is 4.72 Å². The van der Waals surface area contributed by atoms with Gasteiger partial charge >= 0.3 is 0 Å². The minimum atomic E-state index is -3.80. The molecule has 1 aromatic rings. The molecule has 0 aromatic heterocycles. The maximum atomic E-state index is 13.2. The van der Waals surface area contributed by atoms with Crippen LogP contribution in [0.4, 0.5) is 4.39 Å². The number of sulfonamides is 1. The van der Waals surface area contributed by atoms with E-state index in [1.165, 1.54) is 12.1 Å². The molecule has 4 nitrogen and oxygen atoms in total. The molecule has 2 N–H and O–H groups in total. The summed E-state index contributed by atoms with van der Waals surface area (Å²) in [7, 11) is -3.80. The van der Waals surface area contributed by atoms with E-state index in [1.54, 1.807) is 13.8 Å². The van der Waals surface area contributed by atoms with E-state index in [0.29, 0.717) is 0 Å². The summed E-state index contributed by atoms with van der Waals surface area (Å²) in [5.74, 6) is -0.711. The van der Waals surface area contributed by atoms with E-state index in [-0.39, 0.29) is 21.8 Å². The molecule has 0 amide bonds. The van der Waals surface area contributed by atoms with Crippen molar-refractivity contribution in [3.8, 4) is 0 Å². The number of hydrogen-bond acceptors (Lipinski definition) is 3. The van der Waals surface area contributed by atoms with Crippen molar-refractivity contribution in [3.05, 3.63) is 28.5 Å². The number of halogens is 2. The van der Waals surface area contributed by atoms with E-state index < -0.39 is 21.9 Å². The lowest BCUT2D eigenvalue weighted by Gasteiger charge is -2.15. The lowest BCUT2D eigenvalue weighted by molar-refractivity contribution is 0.129. The van der Waals surface area contributed by atoms with Crippen LogP contribution in [0.15, 0.2) is 27.6 Å². The number of aliphatic hydroxyl groups is 1. The van der Waals surface area contributed by atoms with Crippen LogP contribution in [0.25, 0.3) is 0 Å². The first-order valence-corrected chi connectivity index (χ1v) is 7.64. The zero-order chi connectivity index (χ0) is 13.9. The molecule has 0 aliphatic carbocycles. The second-order valence-corrected chi connectivity index (χ2v) is 6.86.